The van der Waals surface area contributed by atoms with Gasteiger partial charge in [0.1, 0.15) is 5.82 Å². The number of benzene rings is 1. The average Bonchev–Trinajstić information content (AvgIpc) is 2.74. The van der Waals surface area contributed by atoms with Crippen LogP contribution in [0.3, 0.4) is 0 Å². The van der Waals surface area contributed by atoms with Crippen molar-refractivity contribution in [1.29, 1.82) is 0 Å². The molecule has 0 spiro atoms. The van der Waals surface area contributed by atoms with E-state index >= 15 is 0 Å². The van der Waals surface area contributed by atoms with Gasteiger partial charge in [0.25, 0.3) is 5.89 Å². The zero-order valence-corrected chi connectivity index (χ0v) is 9.23. The van der Waals surface area contributed by atoms with Gasteiger partial charge >= 0.3 is 5.97 Å². The Kier molecular flexibility index (Phi) is 2.86. The number of rotatable bonds is 2. The van der Waals surface area contributed by atoms with Crippen LogP contribution in [0.2, 0.25) is 0 Å². The van der Waals surface area contributed by atoms with Gasteiger partial charge in [-0.1, -0.05) is 6.07 Å². The highest BCUT2D eigenvalue weighted by molar-refractivity contribution is 5.96. The Labute approximate surface area is 96.2 Å². The molecule has 88 valence electrons. The van der Waals surface area contributed by atoms with Gasteiger partial charge in [0.15, 0.2) is 0 Å². The van der Waals surface area contributed by atoms with Gasteiger partial charge in [-0.05, 0) is 12.1 Å². The van der Waals surface area contributed by atoms with E-state index in [2.05, 4.69) is 14.9 Å². The van der Waals surface area contributed by atoms with Crippen molar-refractivity contribution in [3.8, 4) is 11.5 Å². The van der Waals surface area contributed by atoms with E-state index in [9.17, 15) is 9.18 Å². The summed E-state index contributed by atoms with van der Waals surface area (Å²) >= 11 is 0. The van der Waals surface area contributed by atoms with Crippen molar-refractivity contribution in [3.05, 3.63) is 35.5 Å². The lowest BCUT2D eigenvalue weighted by Gasteiger charge is -2.04. The van der Waals surface area contributed by atoms with Crippen molar-refractivity contribution in [1.82, 2.24) is 10.2 Å². The number of ether oxygens (including phenoxy) is 1. The minimum Gasteiger partial charge on any atom is -0.465 e. The lowest BCUT2D eigenvalue weighted by atomic mass is 10.1. The van der Waals surface area contributed by atoms with E-state index in [1.165, 1.54) is 25.3 Å². The normalized spacial score (nSPS) is 10.3. The third-order valence-corrected chi connectivity index (χ3v) is 2.16. The number of aryl methyl sites for hydroxylation is 1. The van der Waals surface area contributed by atoms with Crippen molar-refractivity contribution in [2.45, 2.75) is 6.92 Å². The summed E-state index contributed by atoms with van der Waals surface area (Å²) in [5.74, 6) is -1.02. The number of nitrogens with zero attached hydrogens (tertiary/aromatic N) is 2. The molecule has 2 rings (SSSR count). The highest BCUT2D eigenvalue weighted by Crippen LogP contribution is 2.26. The summed E-state index contributed by atoms with van der Waals surface area (Å²) in [6, 6.07) is 4.05. The zero-order valence-electron chi connectivity index (χ0n) is 9.23. The first-order valence-electron chi connectivity index (χ1n) is 4.80. The van der Waals surface area contributed by atoms with Gasteiger partial charge in [0.2, 0.25) is 5.89 Å². The summed E-state index contributed by atoms with van der Waals surface area (Å²) in [6.07, 6.45) is 0. The Morgan fingerprint density at radius 2 is 2.18 bits per heavy atom. The maximum atomic E-state index is 13.7. The molecule has 0 radical (unpaired) electrons. The van der Waals surface area contributed by atoms with Crippen LogP contribution in [0, 0.1) is 12.7 Å². The Morgan fingerprint density at radius 3 is 2.76 bits per heavy atom. The first-order chi connectivity index (χ1) is 8.13. The fourth-order valence-electron chi connectivity index (χ4n) is 1.42. The summed E-state index contributed by atoms with van der Waals surface area (Å²) in [7, 11) is 1.22. The lowest BCUT2D eigenvalue weighted by molar-refractivity contribution is 0.0601. The predicted octanol–water partition coefficient (Wildman–Crippen LogP) is 1.97. The molecular weight excluding hydrogens is 227 g/mol. The maximum absolute atomic E-state index is 13.7. The van der Waals surface area contributed by atoms with E-state index in [4.69, 9.17) is 4.42 Å². The molecule has 0 N–H and O–H groups in total. The maximum Gasteiger partial charge on any atom is 0.338 e. The van der Waals surface area contributed by atoms with Crippen LogP contribution in [0.5, 0.6) is 0 Å². The molecule has 5 nitrogen and oxygen atoms in total. The van der Waals surface area contributed by atoms with Crippen molar-refractivity contribution in [3.63, 3.8) is 0 Å². The molecule has 0 atom stereocenters. The van der Waals surface area contributed by atoms with E-state index in [0.29, 0.717) is 5.89 Å². The smallest absolute Gasteiger partial charge is 0.338 e. The molecule has 0 aliphatic carbocycles. The van der Waals surface area contributed by atoms with Crippen LogP contribution in [0.25, 0.3) is 11.5 Å². The van der Waals surface area contributed by atoms with Crippen LogP contribution in [-0.2, 0) is 4.74 Å². The number of halogens is 1. The third-order valence-electron chi connectivity index (χ3n) is 2.16. The number of carbonyl (C=O) groups excluding carboxylic acids is 1. The molecule has 0 aliphatic heterocycles. The van der Waals surface area contributed by atoms with E-state index in [0.717, 1.165) is 0 Å². The molecule has 1 heterocycles. The fraction of sp³-hybridized carbons (Fsp3) is 0.182. The van der Waals surface area contributed by atoms with Crippen molar-refractivity contribution < 1.29 is 18.3 Å². The number of hydrogen-bond acceptors (Lipinski definition) is 5. The molecule has 0 saturated heterocycles. The number of methoxy groups -OCH3 is 1. The van der Waals surface area contributed by atoms with E-state index in [1.807, 2.05) is 0 Å². The first-order valence-corrected chi connectivity index (χ1v) is 4.80. The molecule has 0 bridgehead atoms. The summed E-state index contributed by atoms with van der Waals surface area (Å²) in [4.78, 5) is 11.5. The summed E-state index contributed by atoms with van der Waals surface area (Å²) < 4.78 is 23.4. The van der Waals surface area contributed by atoms with Crippen LogP contribution in [0.4, 0.5) is 4.39 Å². The SMILES string of the molecule is COC(=O)c1cccc(F)c1-c1nnc(C)o1. The van der Waals surface area contributed by atoms with Gasteiger partial charge in [-0.3, -0.25) is 0 Å². The van der Waals surface area contributed by atoms with Crippen molar-refractivity contribution in [2.75, 3.05) is 7.11 Å². The highest BCUT2D eigenvalue weighted by atomic mass is 19.1. The van der Waals surface area contributed by atoms with E-state index in [1.54, 1.807) is 6.92 Å². The summed E-state index contributed by atoms with van der Waals surface area (Å²) in [5.41, 5.74) is 0.0103. The van der Waals surface area contributed by atoms with Crippen molar-refractivity contribution in [2.24, 2.45) is 0 Å². The van der Waals surface area contributed by atoms with Crippen LogP contribution in [-0.4, -0.2) is 23.3 Å². The molecular formula is C11H9FN2O3. The number of esters is 1. The van der Waals surface area contributed by atoms with Gasteiger partial charge in [-0.15, -0.1) is 10.2 Å². The Morgan fingerprint density at radius 1 is 1.41 bits per heavy atom. The van der Waals surface area contributed by atoms with Gasteiger partial charge in [0, 0.05) is 6.92 Å². The average molecular weight is 236 g/mol. The molecule has 1 aromatic carbocycles. The molecule has 1 aromatic heterocycles. The zero-order chi connectivity index (χ0) is 12.4. The van der Waals surface area contributed by atoms with Crippen LogP contribution in [0.15, 0.2) is 22.6 Å². The lowest BCUT2D eigenvalue weighted by Crippen LogP contribution is -2.05. The molecule has 0 unspecified atom stereocenters. The van der Waals surface area contributed by atoms with Crippen LogP contribution < -0.4 is 0 Å². The molecule has 0 fully saturated rings. The quantitative estimate of drug-likeness (QED) is 0.746. The van der Waals surface area contributed by atoms with Gasteiger partial charge in [-0.2, -0.15) is 0 Å². The van der Waals surface area contributed by atoms with Crippen LogP contribution in [0.1, 0.15) is 16.2 Å². The largest absolute Gasteiger partial charge is 0.465 e. The molecule has 0 amide bonds. The fourth-order valence-corrected chi connectivity index (χ4v) is 1.42. The Bertz CT molecular complexity index is 566. The summed E-state index contributed by atoms with van der Waals surface area (Å²) in [5, 5.41) is 7.28. The minimum absolute atomic E-state index is 0.0407. The van der Waals surface area contributed by atoms with E-state index in [-0.39, 0.29) is 17.0 Å². The topological polar surface area (TPSA) is 65.2 Å². The molecule has 0 aliphatic rings. The second-order valence-corrected chi connectivity index (χ2v) is 3.28. The van der Waals surface area contributed by atoms with E-state index < -0.39 is 11.8 Å². The molecule has 6 heteroatoms. The van der Waals surface area contributed by atoms with Crippen LogP contribution >= 0.6 is 0 Å². The van der Waals surface area contributed by atoms with Gasteiger partial charge < -0.3 is 9.15 Å². The van der Waals surface area contributed by atoms with Crippen molar-refractivity contribution >= 4 is 5.97 Å². The Balaban J connectivity index is 2.63. The molecule has 17 heavy (non-hydrogen) atoms. The number of hydrogen-bond donors (Lipinski definition) is 0. The highest BCUT2D eigenvalue weighted by Gasteiger charge is 2.21. The van der Waals surface area contributed by atoms with Gasteiger partial charge in [0.05, 0.1) is 18.2 Å². The second kappa shape index (κ2) is 4.32. The number of carbonyl (C=O) groups is 1. The van der Waals surface area contributed by atoms with Gasteiger partial charge in [-0.25, -0.2) is 9.18 Å². The second-order valence-electron chi connectivity index (χ2n) is 3.28. The monoisotopic (exact) mass is 236 g/mol. The number of aromatic nitrogens is 2. The molecule has 0 saturated carbocycles. The predicted molar refractivity (Wildman–Crippen MR) is 55.8 cm³/mol. The summed E-state index contributed by atoms with van der Waals surface area (Å²) in [6.45, 7) is 1.58. The Hall–Kier alpha value is -2.24. The molecule has 2 aromatic rings. The standard InChI is InChI=1S/C11H9FN2O3/c1-6-13-14-10(17-6)9-7(11(15)16-2)4-3-5-8(9)12/h3-5H,1-2H3. The first kappa shape index (κ1) is 11.3. The third kappa shape index (κ3) is 2.01. The minimum atomic E-state index is -0.657.